The molecule has 1 N–H and O–H groups in total. The number of carbonyl (C=O) groups excluding carboxylic acids is 1. The van der Waals surface area contributed by atoms with E-state index in [-0.39, 0.29) is 12.5 Å². The molecule has 5 rings (SSSR count). The molecular formula is C23H18N4O4S. The Bertz CT molecular complexity index is 1340. The van der Waals surface area contributed by atoms with Crippen molar-refractivity contribution in [3.63, 3.8) is 0 Å². The van der Waals surface area contributed by atoms with Gasteiger partial charge in [-0.05, 0) is 36.4 Å². The van der Waals surface area contributed by atoms with Gasteiger partial charge in [-0.2, -0.15) is 0 Å². The zero-order valence-electron chi connectivity index (χ0n) is 17.0. The lowest BCUT2D eigenvalue weighted by Gasteiger charge is -2.12. The quantitative estimate of drug-likeness (QED) is 0.383. The highest BCUT2D eigenvalue weighted by molar-refractivity contribution is 7.13. The van der Waals surface area contributed by atoms with Crippen molar-refractivity contribution in [2.75, 3.05) is 12.4 Å². The standard InChI is InChI=1S/C23H18N4O4S/c1-29-18-8-7-15(25-22(28)17-14-32-23(26-17)19-5-4-10-30-19)11-20(18)31-13-16-12-27-9-3-2-6-21(27)24-16/h2-12,14H,13H2,1H3,(H,25,28). The van der Waals surface area contributed by atoms with Crippen LogP contribution in [-0.4, -0.2) is 27.4 Å². The zero-order chi connectivity index (χ0) is 21.9. The summed E-state index contributed by atoms with van der Waals surface area (Å²) in [6.45, 7) is 0.258. The Labute approximate surface area is 187 Å². The third-order valence-corrected chi connectivity index (χ3v) is 5.54. The van der Waals surface area contributed by atoms with E-state index in [0.717, 1.165) is 11.3 Å². The Morgan fingerprint density at radius 1 is 1.16 bits per heavy atom. The molecule has 0 fully saturated rings. The molecule has 0 bridgehead atoms. The second-order valence-corrected chi connectivity index (χ2v) is 7.68. The number of methoxy groups -OCH3 is 1. The number of imidazole rings is 1. The summed E-state index contributed by atoms with van der Waals surface area (Å²) in [6.07, 6.45) is 5.41. The number of amides is 1. The summed E-state index contributed by atoms with van der Waals surface area (Å²) in [4.78, 5) is 21.5. The van der Waals surface area contributed by atoms with Crippen LogP contribution in [0.25, 0.3) is 16.4 Å². The predicted octanol–water partition coefficient (Wildman–Crippen LogP) is 4.89. The number of thiazole rings is 1. The first-order valence-corrected chi connectivity index (χ1v) is 10.6. The first kappa shape index (κ1) is 19.8. The molecule has 160 valence electrons. The van der Waals surface area contributed by atoms with Crippen LogP contribution in [0.5, 0.6) is 11.5 Å². The fourth-order valence-electron chi connectivity index (χ4n) is 3.16. The van der Waals surface area contributed by atoms with E-state index < -0.39 is 0 Å². The molecule has 4 aromatic heterocycles. The molecule has 0 spiro atoms. The molecule has 32 heavy (non-hydrogen) atoms. The molecular weight excluding hydrogens is 428 g/mol. The van der Waals surface area contributed by atoms with Crippen LogP contribution in [-0.2, 0) is 6.61 Å². The van der Waals surface area contributed by atoms with Crippen LogP contribution in [0.3, 0.4) is 0 Å². The van der Waals surface area contributed by atoms with Crippen molar-refractivity contribution in [3.8, 4) is 22.3 Å². The Morgan fingerprint density at radius 2 is 2.09 bits per heavy atom. The number of aromatic nitrogens is 3. The Morgan fingerprint density at radius 3 is 2.91 bits per heavy atom. The summed E-state index contributed by atoms with van der Waals surface area (Å²) >= 11 is 1.34. The van der Waals surface area contributed by atoms with Crippen molar-refractivity contribution < 1.29 is 18.7 Å². The molecule has 4 heterocycles. The molecule has 0 atom stereocenters. The summed E-state index contributed by atoms with van der Waals surface area (Å²) in [7, 11) is 1.57. The normalized spacial score (nSPS) is 10.9. The van der Waals surface area contributed by atoms with Gasteiger partial charge in [0, 0.05) is 29.5 Å². The molecule has 1 aromatic carbocycles. The molecule has 9 heteroatoms. The summed E-state index contributed by atoms with van der Waals surface area (Å²) in [5, 5.41) is 5.18. The number of pyridine rings is 1. The minimum Gasteiger partial charge on any atom is -0.493 e. The maximum atomic E-state index is 12.7. The highest BCUT2D eigenvalue weighted by Gasteiger charge is 2.15. The maximum absolute atomic E-state index is 12.7. The number of benzene rings is 1. The molecule has 0 unspecified atom stereocenters. The SMILES string of the molecule is COc1ccc(NC(=O)c2csc(-c3ccco3)n2)cc1OCc1cn2ccccc2n1. The Kier molecular flexibility index (Phi) is 5.30. The minimum absolute atomic E-state index is 0.258. The second-order valence-electron chi connectivity index (χ2n) is 6.82. The molecule has 0 saturated carbocycles. The number of nitrogens with zero attached hydrogens (tertiary/aromatic N) is 3. The lowest BCUT2D eigenvalue weighted by Crippen LogP contribution is -2.12. The number of hydrogen-bond donors (Lipinski definition) is 1. The van der Waals surface area contributed by atoms with E-state index in [2.05, 4.69) is 15.3 Å². The maximum Gasteiger partial charge on any atom is 0.275 e. The van der Waals surface area contributed by atoms with Gasteiger partial charge in [0.2, 0.25) is 0 Å². The van der Waals surface area contributed by atoms with E-state index in [1.165, 1.54) is 11.3 Å². The number of carbonyl (C=O) groups is 1. The van der Waals surface area contributed by atoms with Crippen molar-refractivity contribution >= 4 is 28.6 Å². The molecule has 0 aliphatic carbocycles. The zero-order valence-corrected chi connectivity index (χ0v) is 17.8. The fourth-order valence-corrected chi connectivity index (χ4v) is 3.93. The van der Waals surface area contributed by atoms with Crippen molar-refractivity contribution in [2.45, 2.75) is 6.61 Å². The van der Waals surface area contributed by atoms with Crippen molar-refractivity contribution in [1.29, 1.82) is 0 Å². The van der Waals surface area contributed by atoms with E-state index in [1.54, 1.807) is 49.1 Å². The van der Waals surface area contributed by atoms with Crippen LogP contribution in [0, 0.1) is 0 Å². The van der Waals surface area contributed by atoms with Gasteiger partial charge in [0.05, 0.1) is 19.1 Å². The number of nitrogens with one attached hydrogen (secondary N) is 1. The van der Waals surface area contributed by atoms with E-state index in [9.17, 15) is 4.79 Å². The summed E-state index contributed by atoms with van der Waals surface area (Å²) in [5.74, 6) is 1.36. The van der Waals surface area contributed by atoms with E-state index in [1.807, 2.05) is 35.0 Å². The van der Waals surface area contributed by atoms with Crippen molar-refractivity contribution in [1.82, 2.24) is 14.4 Å². The highest BCUT2D eigenvalue weighted by Crippen LogP contribution is 2.31. The molecule has 0 aliphatic rings. The van der Waals surface area contributed by atoms with Crippen LogP contribution in [0.4, 0.5) is 5.69 Å². The van der Waals surface area contributed by atoms with Gasteiger partial charge in [0.1, 0.15) is 17.9 Å². The minimum atomic E-state index is -0.324. The fraction of sp³-hybridized carbons (Fsp3) is 0.0870. The first-order valence-electron chi connectivity index (χ1n) is 9.74. The smallest absolute Gasteiger partial charge is 0.275 e. The number of fused-ring (bicyclic) bond motifs is 1. The Balaban J connectivity index is 1.30. The number of anilines is 1. The van der Waals surface area contributed by atoms with Gasteiger partial charge in [-0.3, -0.25) is 4.79 Å². The van der Waals surface area contributed by atoms with E-state index >= 15 is 0 Å². The van der Waals surface area contributed by atoms with Crippen molar-refractivity contribution in [2.24, 2.45) is 0 Å². The molecule has 0 saturated heterocycles. The summed E-state index contributed by atoms with van der Waals surface area (Å²) in [5.41, 5.74) is 2.50. The van der Waals surface area contributed by atoms with E-state index in [4.69, 9.17) is 13.9 Å². The summed E-state index contributed by atoms with van der Waals surface area (Å²) in [6, 6.07) is 14.6. The molecule has 0 aliphatic heterocycles. The van der Waals surface area contributed by atoms with Crippen LogP contribution < -0.4 is 14.8 Å². The van der Waals surface area contributed by atoms with Crippen LogP contribution in [0.15, 0.2) is 77.0 Å². The molecule has 0 radical (unpaired) electrons. The number of furan rings is 1. The monoisotopic (exact) mass is 446 g/mol. The van der Waals surface area contributed by atoms with Crippen LogP contribution >= 0.6 is 11.3 Å². The lowest BCUT2D eigenvalue weighted by atomic mass is 10.2. The van der Waals surface area contributed by atoms with Gasteiger partial charge in [0.25, 0.3) is 5.91 Å². The average Bonchev–Trinajstić information content (AvgIpc) is 3.57. The average molecular weight is 446 g/mol. The van der Waals surface area contributed by atoms with Gasteiger partial charge in [-0.25, -0.2) is 9.97 Å². The van der Waals surface area contributed by atoms with Gasteiger partial charge in [-0.15, -0.1) is 11.3 Å². The Hall–Kier alpha value is -4.11. The van der Waals surface area contributed by atoms with Gasteiger partial charge in [0.15, 0.2) is 22.3 Å². The van der Waals surface area contributed by atoms with Gasteiger partial charge < -0.3 is 23.6 Å². The lowest BCUT2D eigenvalue weighted by molar-refractivity contribution is 0.102. The number of ether oxygens (including phenoxy) is 2. The third-order valence-electron chi connectivity index (χ3n) is 4.68. The number of rotatable bonds is 7. The third kappa shape index (κ3) is 4.06. The van der Waals surface area contributed by atoms with Crippen LogP contribution in [0.2, 0.25) is 0 Å². The van der Waals surface area contributed by atoms with E-state index in [0.29, 0.717) is 33.6 Å². The number of hydrogen-bond acceptors (Lipinski definition) is 7. The molecule has 8 nitrogen and oxygen atoms in total. The predicted molar refractivity (Wildman–Crippen MR) is 120 cm³/mol. The largest absolute Gasteiger partial charge is 0.493 e. The summed E-state index contributed by atoms with van der Waals surface area (Å²) < 4.78 is 18.6. The first-order chi connectivity index (χ1) is 15.7. The highest BCUT2D eigenvalue weighted by atomic mass is 32.1. The molecule has 1 amide bonds. The van der Waals surface area contributed by atoms with Crippen molar-refractivity contribution in [3.05, 3.63) is 84.0 Å². The second kappa shape index (κ2) is 8.56. The van der Waals surface area contributed by atoms with Crippen LogP contribution in [0.1, 0.15) is 16.2 Å². The molecule has 5 aromatic rings. The van der Waals surface area contributed by atoms with Gasteiger partial charge >= 0.3 is 0 Å². The topological polar surface area (TPSA) is 90.9 Å². The van der Waals surface area contributed by atoms with Gasteiger partial charge in [-0.1, -0.05) is 6.07 Å².